The van der Waals surface area contributed by atoms with Crippen molar-refractivity contribution in [3.8, 4) is 0 Å². The van der Waals surface area contributed by atoms with Gasteiger partial charge in [0.15, 0.2) is 0 Å². The van der Waals surface area contributed by atoms with Gasteiger partial charge in [0.2, 0.25) is 0 Å². The second kappa shape index (κ2) is 5.94. The summed E-state index contributed by atoms with van der Waals surface area (Å²) in [5.41, 5.74) is 0. The highest BCUT2D eigenvalue weighted by Crippen LogP contribution is 2.28. The molecule has 0 aromatic carbocycles. The van der Waals surface area contributed by atoms with Crippen molar-refractivity contribution in [2.75, 3.05) is 25.5 Å². The van der Waals surface area contributed by atoms with Gasteiger partial charge in [-0.3, -0.25) is 0 Å². The minimum atomic E-state index is -0.357. The zero-order valence-electron chi connectivity index (χ0n) is 9.25. The summed E-state index contributed by atoms with van der Waals surface area (Å²) in [7, 11) is 0. The summed E-state index contributed by atoms with van der Waals surface area (Å²) in [5, 5.41) is 9.46. The van der Waals surface area contributed by atoms with Crippen molar-refractivity contribution in [3.63, 3.8) is 0 Å². The first-order valence-corrected chi connectivity index (χ1v) is 6.21. The molecule has 0 aliphatic carbocycles. The molecule has 14 heavy (non-hydrogen) atoms. The molecule has 1 N–H and O–H groups in total. The number of likely N-dealkylation sites (tertiary alicyclic amines) is 1. The van der Waals surface area contributed by atoms with E-state index >= 15 is 0 Å². The highest BCUT2D eigenvalue weighted by atomic mass is 35.5. The Hall–Kier alpha value is 0.210. The number of β-amino-alcohol motifs (C(OH)–C–C–N with tert-alkyl or cyclic N) is 1. The molecule has 1 fully saturated rings. The van der Waals surface area contributed by atoms with E-state index in [4.69, 9.17) is 11.6 Å². The van der Waals surface area contributed by atoms with E-state index in [0.717, 1.165) is 31.5 Å². The molecule has 0 aromatic rings. The summed E-state index contributed by atoms with van der Waals surface area (Å²) in [6.45, 7) is 7.55. The Labute approximate surface area is 92.2 Å². The van der Waals surface area contributed by atoms with E-state index in [0.29, 0.717) is 5.88 Å². The molecule has 1 aliphatic rings. The third kappa shape index (κ3) is 3.11. The third-order valence-corrected chi connectivity index (χ3v) is 3.70. The topological polar surface area (TPSA) is 23.5 Å². The van der Waals surface area contributed by atoms with Crippen molar-refractivity contribution in [2.24, 2.45) is 11.8 Å². The average Bonchev–Trinajstić information content (AvgIpc) is 2.59. The lowest BCUT2D eigenvalue weighted by Crippen LogP contribution is -2.31. The Balaban J connectivity index is 2.37. The van der Waals surface area contributed by atoms with Crippen molar-refractivity contribution in [1.29, 1.82) is 0 Å². The fourth-order valence-electron chi connectivity index (χ4n) is 2.46. The van der Waals surface area contributed by atoms with Crippen LogP contribution in [0.25, 0.3) is 0 Å². The van der Waals surface area contributed by atoms with Crippen molar-refractivity contribution >= 4 is 11.6 Å². The summed E-state index contributed by atoms with van der Waals surface area (Å²) >= 11 is 5.59. The lowest BCUT2D eigenvalue weighted by Gasteiger charge is -2.18. The van der Waals surface area contributed by atoms with E-state index in [2.05, 4.69) is 18.7 Å². The highest BCUT2D eigenvalue weighted by molar-refractivity contribution is 6.18. The molecule has 1 rings (SSSR count). The molecule has 2 nitrogen and oxygen atoms in total. The fourth-order valence-corrected chi connectivity index (χ4v) is 2.55. The van der Waals surface area contributed by atoms with Crippen LogP contribution in [0.15, 0.2) is 0 Å². The van der Waals surface area contributed by atoms with E-state index in [9.17, 15) is 5.11 Å². The lowest BCUT2D eigenvalue weighted by molar-refractivity contribution is 0.140. The highest BCUT2D eigenvalue weighted by Gasteiger charge is 2.30. The van der Waals surface area contributed by atoms with Crippen LogP contribution in [-0.4, -0.2) is 41.6 Å². The maximum atomic E-state index is 9.46. The number of halogens is 1. The van der Waals surface area contributed by atoms with Crippen molar-refractivity contribution in [2.45, 2.75) is 32.8 Å². The number of aliphatic hydroxyl groups excluding tert-OH is 1. The Morgan fingerprint density at radius 3 is 2.14 bits per heavy atom. The molecule has 3 unspecified atom stereocenters. The maximum Gasteiger partial charge on any atom is 0.0802 e. The van der Waals surface area contributed by atoms with Gasteiger partial charge in [0.25, 0.3) is 0 Å². The zero-order valence-corrected chi connectivity index (χ0v) is 10.0. The molecule has 1 saturated heterocycles. The molecular formula is C11H22ClNO. The normalized spacial score (nSPS) is 30.9. The van der Waals surface area contributed by atoms with Crippen molar-refractivity contribution in [3.05, 3.63) is 0 Å². The standard InChI is InChI=1S/C11H22ClNO/c1-3-9-6-13(7-10(9)4-2)8-11(14)5-12/h9-11,14H,3-8H2,1-2H3. The van der Waals surface area contributed by atoms with Crippen LogP contribution in [0, 0.1) is 11.8 Å². The van der Waals surface area contributed by atoms with Crippen LogP contribution in [0.1, 0.15) is 26.7 Å². The number of hydrogen-bond acceptors (Lipinski definition) is 2. The Bertz CT molecular complexity index is 153. The van der Waals surface area contributed by atoms with Gasteiger partial charge in [-0.15, -0.1) is 11.6 Å². The van der Waals surface area contributed by atoms with Crippen LogP contribution >= 0.6 is 11.6 Å². The lowest BCUT2D eigenvalue weighted by atomic mass is 9.92. The average molecular weight is 220 g/mol. The molecule has 84 valence electrons. The van der Waals surface area contributed by atoms with Crippen LogP contribution in [0.3, 0.4) is 0 Å². The molecule has 1 aliphatic heterocycles. The molecular weight excluding hydrogens is 198 g/mol. The molecule has 1 heterocycles. The smallest absolute Gasteiger partial charge is 0.0802 e. The maximum absolute atomic E-state index is 9.46. The van der Waals surface area contributed by atoms with E-state index < -0.39 is 0 Å². The largest absolute Gasteiger partial charge is 0.391 e. The summed E-state index contributed by atoms with van der Waals surface area (Å²) in [6.07, 6.45) is 2.16. The summed E-state index contributed by atoms with van der Waals surface area (Å²) in [5.74, 6) is 1.99. The molecule has 3 atom stereocenters. The SMILES string of the molecule is CCC1CN(CC(O)CCl)CC1CC. The van der Waals surface area contributed by atoms with Crippen LogP contribution in [0.5, 0.6) is 0 Å². The Kier molecular flexibility index (Phi) is 5.21. The van der Waals surface area contributed by atoms with Crippen molar-refractivity contribution < 1.29 is 5.11 Å². The first-order chi connectivity index (χ1) is 6.71. The molecule has 3 heteroatoms. The number of rotatable bonds is 5. The van der Waals surface area contributed by atoms with Gasteiger partial charge in [0.05, 0.1) is 6.10 Å². The predicted octanol–water partition coefficient (Wildman–Crippen LogP) is 1.95. The molecule has 0 radical (unpaired) electrons. The van der Waals surface area contributed by atoms with Gasteiger partial charge < -0.3 is 10.0 Å². The van der Waals surface area contributed by atoms with Crippen LogP contribution in [0.2, 0.25) is 0 Å². The van der Waals surface area contributed by atoms with E-state index in [1.807, 2.05) is 0 Å². The zero-order chi connectivity index (χ0) is 10.6. The summed E-state index contributed by atoms with van der Waals surface area (Å²) < 4.78 is 0. The van der Waals surface area contributed by atoms with Gasteiger partial charge in [0, 0.05) is 25.5 Å². The molecule has 0 spiro atoms. The second-order valence-electron chi connectivity index (χ2n) is 4.36. The fraction of sp³-hybridized carbons (Fsp3) is 1.00. The van der Waals surface area contributed by atoms with E-state index in [1.165, 1.54) is 12.8 Å². The van der Waals surface area contributed by atoms with Gasteiger partial charge in [-0.2, -0.15) is 0 Å². The number of nitrogens with zero attached hydrogens (tertiary/aromatic N) is 1. The number of alkyl halides is 1. The predicted molar refractivity (Wildman–Crippen MR) is 60.7 cm³/mol. The summed E-state index contributed by atoms with van der Waals surface area (Å²) in [6, 6.07) is 0. The minimum absolute atomic E-state index is 0.351. The number of hydrogen-bond donors (Lipinski definition) is 1. The monoisotopic (exact) mass is 219 g/mol. The van der Waals surface area contributed by atoms with Gasteiger partial charge in [0.1, 0.15) is 0 Å². The molecule has 0 saturated carbocycles. The van der Waals surface area contributed by atoms with Gasteiger partial charge >= 0.3 is 0 Å². The van der Waals surface area contributed by atoms with Gasteiger partial charge in [-0.05, 0) is 11.8 Å². The van der Waals surface area contributed by atoms with Crippen LogP contribution in [0.4, 0.5) is 0 Å². The van der Waals surface area contributed by atoms with Gasteiger partial charge in [-0.25, -0.2) is 0 Å². The second-order valence-corrected chi connectivity index (χ2v) is 4.67. The minimum Gasteiger partial charge on any atom is -0.391 e. The first kappa shape index (κ1) is 12.3. The first-order valence-electron chi connectivity index (χ1n) is 5.67. The molecule has 0 amide bonds. The number of aliphatic hydroxyl groups is 1. The quantitative estimate of drug-likeness (QED) is 0.715. The molecule has 0 aromatic heterocycles. The Morgan fingerprint density at radius 1 is 1.29 bits per heavy atom. The van der Waals surface area contributed by atoms with E-state index in [-0.39, 0.29) is 6.10 Å². The van der Waals surface area contributed by atoms with Crippen LogP contribution < -0.4 is 0 Å². The third-order valence-electron chi connectivity index (χ3n) is 3.35. The van der Waals surface area contributed by atoms with Crippen molar-refractivity contribution in [1.82, 2.24) is 4.90 Å². The Morgan fingerprint density at radius 2 is 1.79 bits per heavy atom. The van der Waals surface area contributed by atoms with E-state index in [1.54, 1.807) is 0 Å². The van der Waals surface area contributed by atoms with Crippen LogP contribution in [-0.2, 0) is 0 Å². The molecule has 0 bridgehead atoms. The van der Waals surface area contributed by atoms with Gasteiger partial charge in [-0.1, -0.05) is 26.7 Å². The summed E-state index contributed by atoms with van der Waals surface area (Å²) in [4.78, 5) is 2.36.